The molecule has 0 aromatic heterocycles. The quantitative estimate of drug-likeness (QED) is 0.647. The van der Waals surface area contributed by atoms with Crippen molar-refractivity contribution in [2.24, 2.45) is 0 Å². The van der Waals surface area contributed by atoms with Crippen LogP contribution in [0, 0.1) is 0 Å². The van der Waals surface area contributed by atoms with Crippen LogP contribution < -0.4 is 0 Å². The molecule has 0 radical (unpaired) electrons. The zero-order chi connectivity index (χ0) is 18.3. The predicted octanol–water partition coefficient (Wildman–Crippen LogP) is 1.33. The van der Waals surface area contributed by atoms with E-state index in [0.717, 1.165) is 4.31 Å². The molecule has 1 amide bonds. The number of hydrogen-bond donors (Lipinski definition) is 0. The van der Waals surface area contributed by atoms with Gasteiger partial charge in [-0.05, 0) is 18.2 Å². The Labute approximate surface area is 148 Å². The summed E-state index contributed by atoms with van der Waals surface area (Å²) in [6.07, 6.45) is 0. The molecule has 1 aromatic rings. The van der Waals surface area contributed by atoms with Crippen molar-refractivity contribution in [1.29, 1.82) is 0 Å². The summed E-state index contributed by atoms with van der Waals surface area (Å²) >= 11 is 6.11. The maximum Gasteiger partial charge on any atom is 0.255 e. The first-order valence-electron chi connectivity index (χ1n) is 7.25. The average molecular weight is 379 g/mol. The molecule has 0 atom stereocenters. The first kappa shape index (κ1) is 20.9. The summed E-state index contributed by atoms with van der Waals surface area (Å²) in [6.45, 7) is 1.39. The van der Waals surface area contributed by atoms with Crippen LogP contribution in [0.25, 0.3) is 0 Å². The van der Waals surface area contributed by atoms with E-state index in [2.05, 4.69) is 0 Å². The van der Waals surface area contributed by atoms with Crippen LogP contribution in [0.15, 0.2) is 23.1 Å². The third kappa shape index (κ3) is 5.15. The summed E-state index contributed by atoms with van der Waals surface area (Å²) in [7, 11) is 2.27. The lowest BCUT2D eigenvalue weighted by atomic mass is 10.2. The highest BCUT2D eigenvalue weighted by atomic mass is 35.5. The Morgan fingerprint density at radius 1 is 1.12 bits per heavy atom. The van der Waals surface area contributed by atoms with Crippen LogP contribution in [-0.4, -0.2) is 78.1 Å². The summed E-state index contributed by atoms with van der Waals surface area (Å²) in [5.41, 5.74) is 0.131. The Morgan fingerprint density at radius 3 is 2.12 bits per heavy atom. The van der Waals surface area contributed by atoms with E-state index >= 15 is 0 Å². The average Bonchev–Trinajstić information content (AvgIpc) is 2.54. The fourth-order valence-electron chi connectivity index (χ4n) is 1.93. The van der Waals surface area contributed by atoms with E-state index in [1.807, 2.05) is 0 Å². The lowest BCUT2D eigenvalue weighted by molar-refractivity contribution is 0.0627. The van der Waals surface area contributed by atoms with Gasteiger partial charge in [0.25, 0.3) is 5.91 Å². The molecule has 0 unspecified atom stereocenters. The number of halogens is 1. The smallest absolute Gasteiger partial charge is 0.255 e. The van der Waals surface area contributed by atoms with E-state index in [-0.39, 0.29) is 21.4 Å². The van der Waals surface area contributed by atoms with Gasteiger partial charge in [-0.1, -0.05) is 11.6 Å². The number of hydrogen-bond acceptors (Lipinski definition) is 5. The van der Waals surface area contributed by atoms with E-state index < -0.39 is 10.0 Å². The maximum absolute atomic E-state index is 12.7. The molecular formula is C15H23ClN2O5S. The normalized spacial score (nSPS) is 11.8. The van der Waals surface area contributed by atoms with E-state index in [0.29, 0.717) is 26.3 Å². The molecule has 9 heteroatoms. The Morgan fingerprint density at radius 2 is 1.67 bits per heavy atom. The lowest BCUT2D eigenvalue weighted by Crippen LogP contribution is -2.36. The molecule has 24 heavy (non-hydrogen) atoms. The number of nitrogens with zero attached hydrogens (tertiary/aromatic N) is 2. The largest absolute Gasteiger partial charge is 0.383 e. The lowest BCUT2D eigenvalue weighted by Gasteiger charge is -2.23. The molecule has 1 rings (SSSR count). The van der Waals surface area contributed by atoms with Gasteiger partial charge in [-0.3, -0.25) is 4.79 Å². The van der Waals surface area contributed by atoms with Crippen molar-refractivity contribution in [2.75, 3.05) is 54.6 Å². The van der Waals surface area contributed by atoms with Gasteiger partial charge in [0.1, 0.15) is 0 Å². The van der Waals surface area contributed by atoms with E-state index in [9.17, 15) is 13.2 Å². The van der Waals surface area contributed by atoms with Crippen LogP contribution >= 0.6 is 11.6 Å². The zero-order valence-electron chi connectivity index (χ0n) is 14.3. The summed E-state index contributed by atoms with van der Waals surface area (Å²) in [4.78, 5) is 14.3. The first-order chi connectivity index (χ1) is 11.3. The maximum atomic E-state index is 12.7. The van der Waals surface area contributed by atoms with Gasteiger partial charge in [-0.25, -0.2) is 12.7 Å². The Hall–Kier alpha value is -1.19. The summed E-state index contributed by atoms with van der Waals surface area (Å²) < 4.78 is 35.6. The molecule has 0 heterocycles. The second kappa shape index (κ2) is 9.33. The molecule has 0 saturated heterocycles. The third-order valence-electron chi connectivity index (χ3n) is 3.36. The number of benzene rings is 1. The number of carbonyl (C=O) groups is 1. The van der Waals surface area contributed by atoms with Gasteiger partial charge < -0.3 is 14.4 Å². The molecule has 0 spiro atoms. The summed E-state index contributed by atoms with van der Waals surface area (Å²) in [6, 6.07) is 4.09. The van der Waals surface area contributed by atoms with Crippen LogP contribution in [0.2, 0.25) is 5.02 Å². The number of amides is 1. The molecule has 1 aromatic carbocycles. The van der Waals surface area contributed by atoms with Gasteiger partial charge in [-0.15, -0.1) is 0 Å². The Balaban J connectivity index is 3.19. The van der Waals surface area contributed by atoms with Gasteiger partial charge in [-0.2, -0.15) is 0 Å². The molecule has 0 aliphatic heterocycles. The zero-order valence-corrected chi connectivity index (χ0v) is 15.9. The van der Waals surface area contributed by atoms with Crippen LogP contribution in [0.3, 0.4) is 0 Å². The van der Waals surface area contributed by atoms with E-state index in [1.165, 1.54) is 51.4 Å². The predicted molar refractivity (Wildman–Crippen MR) is 92.0 cm³/mol. The monoisotopic (exact) mass is 378 g/mol. The number of rotatable bonds is 9. The van der Waals surface area contributed by atoms with Gasteiger partial charge >= 0.3 is 0 Å². The van der Waals surface area contributed by atoms with Crippen LogP contribution in [0.5, 0.6) is 0 Å². The molecule has 136 valence electrons. The highest BCUT2D eigenvalue weighted by molar-refractivity contribution is 7.89. The summed E-state index contributed by atoms with van der Waals surface area (Å²) in [5.74, 6) is -0.370. The third-order valence-corrected chi connectivity index (χ3v) is 5.51. The number of methoxy groups -OCH3 is 2. The van der Waals surface area contributed by atoms with Crippen LogP contribution in [-0.2, 0) is 19.5 Å². The first-order valence-corrected chi connectivity index (χ1v) is 9.06. The van der Waals surface area contributed by atoms with E-state index in [1.54, 1.807) is 0 Å². The minimum absolute atomic E-state index is 0.0127. The molecular weight excluding hydrogens is 356 g/mol. The Bertz CT molecular complexity index is 656. The number of ether oxygens (including phenoxy) is 2. The minimum atomic E-state index is -3.65. The topological polar surface area (TPSA) is 76.1 Å². The molecule has 0 saturated carbocycles. The van der Waals surface area contributed by atoms with Gasteiger partial charge in [0.2, 0.25) is 10.0 Å². The van der Waals surface area contributed by atoms with Crippen LogP contribution in [0.4, 0.5) is 0 Å². The second-order valence-electron chi connectivity index (χ2n) is 5.21. The van der Waals surface area contributed by atoms with E-state index in [4.69, 9.17) is 21.1 Å². The Kier molecular flexibility index (Phi) is 8.11. The van der Waals surface area contributed by atoms with Crippen molar-refractivity contribution >= 4 is 27.5 Å². The fraction of sp³-hybridized carbons (Fsp3) is 0.533. The van der Waals surface area contributed by atoms with Gasteiger partial charge in [0.05, 0.1) is 28.7 Å². The highest BCUT2D eigenvalue weighted by Crippen LogP contribution is 2.23. The van der Waals surface area contributed by atoms with Crippen molar-refractivity contribution in [1.82, 2.24) is 9.21 Å². The molecule has 0 bridgehead atoms. The second-order valence-corrected chi connectivity index (χ2v) is 7.77. The fourth-order valence-corrected chi connectivity index (χ4v) is 3.05. The van der Waals surface area contributed by atoms with Crippen molar-refractivity contribution in [3.05, 3.63) is 28.8 Å². The number of sulfonamides is 1. The van der Waals surface area contributed by atoms with Crippen molar-refractivity contribution in [2.45, 2.75) is 4.90 Å². The molecule has 7 nitrogen and oxygen atoms in total. The SMILES string of the molecule is COCCN(CCOC)C(=O)c1cc(S(=O)(=O)N(C)C)ccc1Cl. The summed E-state index contributed by atoms with van der Waals surface area (Å²) in [5, 5.41) is 0.192. The van der Waals surface area contributed by atoms with Gasteiger partial charge in [0.15, 0.2) is 0 Å². The molecule has 0 aliphatic carbocycles. The number of carbonyl (C=O) groups excluding carboxylic acids is 1. The van der Waals surface area contributed by atoms with Crippen molar-refractivity contribution in [3.63, 3.8) is 0 Å². The molecule has 0 aliphatic rings. The standard InChI is InChI=1S/C15H23ClN2O5S/c1-17(2)24(20,21)12-5-6-14(16)13(11-12)15(19)18(7-9-22-3)8-10-23-4/h5-6,11H,7-10H2,1-4H3. The van der Waals surface area contributed by atoms with Gasteiger partial charge in [0, 0.05) is 41.4 Å². The highest BCUT2D eigenvalue weighted by Gasteiger charge is 2.23. The molecule has 0 fully saturated rings. The van der Waals surface area contributed by atoms with Crippen molar-refractivity contribution in [3.8, 4) is 0 Å². The molecule has 0 N–H and O–H groups in total. The minimum Gasteiger partial charge on any atom is -0.383 e. The van der Waals surface area contributed by atoms with Crippen molar-refractivity contribution < 1.29 is 22.7 Å². The van der Waals surface area contributed by atoms with Crippen LogP contribution in [0.1, 0.15) is 10.4 Å².